The molecule has 0 heterocycles. The van der Waals surface area contributed by atoms with Crippen molar-refractivity contribution in [2.45, 2.75) is 46.1 Å². The summed E-state index contributed by atoms with van der Waals surface area (Å²) >= 11 is 3.55. The van der Waals surface area contributed by atoms with Crippen molar-refractivity contribution in [3.05, 3.63) is 28.2 Å². The highest BCUT2D eigenvalue weighted by Crippen LogP contribution is 2.30. The first-order valence-corrected chi connectivity index (χ1v) is 7.45. The smallest absolute Gasteiger partial charge is 0.136 e. The summed E-state index contributed by atoms with van der Waals surface area (Å²) in [4.78, 5) is 0. The normalized spacial score (nSPS) is 12.8. The predicted molar refractivity (Wildman–Crippen MR) is 81.1 cm³/mol. The molecule has 2 nitrogen and oxygen atoms in total. The molecule has 0 saturated heterocycles. The van der Waals surface area contributed by atoms with Crippen molar-refractivity contribution >= 4 is 15.9 Å². The number of rotatable bonds is 7. The van der Waals surface area contributed by atoms with Gasteiger partial charge in [-0.1, -0.05) is 26.0 Å². The van der Waals surface area contributed by atoms with Gasteiger partial charge in [0.1, 0.15) is 5.75 Å². The maximum atomic E-state index is 5.92. The first-order chi connectivity index (χ1) is 8.50. The first kappa shape index (κ1) is 15.5. The highest BCUT2D eigenvalue weighted by molar-refractivity contribution is 9.10. The van der Waals surface area contributed by atoms with Gasteiger partial charge in [0.25, 0.3) is 0 Å². The largest absolute Gasteiger partial charge is 0.492 e. The van der Waals surface area contributed by atoms with Crippen molar-refractivity contribution in [3.8, 4) is 5.75 Å². The summed E-state index contributed by atoms with van der Waals surface area (Å²) in [6, 6.07) is 6.29. The van der Waals surface area contributed by atoms with E-state index in [1.807, 2.05) is 19.1 Å². The molecular weight excluding hydrogens is 290 g/mol. The maximum Gasteiger partial charge on any atom is 0.136 e. The van der Waals surface area contributed by atoms with Crippen LogP contribution in [0.4, 0.5) is 0 Å². The van der Waals surface area contributed by atoms with Crippen LogP contribution in [0.2, 0.25) is 0 Å². The lowest BCUT2D eigenvalue weighted by atomic mass is 10.1. The van der Waals surface area contributed by atoms with Gasteiger partial charge in [-0.25, -0.2) is 0 Å². The quantitative estimate of drug-likeness (QED) is 0.767. The molecule has 0 aromatic heterocycles. The molecule has 0 spiro atoms. The molecule has 0 aliphatic rings. The Morgan fingerprint density at radius 2 is 2.00 bits per heavy atom. The number of ether oxygens (including phenoxy) is 1. The van der Waals surface area contributed by atoms with E-state index in [9.17, 15) is 0 Å². The van der Waals surface area contributed by atoms with Crippen molar-refractivity contribution in [2.75, 3.05) is 6.61 Å². The van der Waals surface area contributed by atoms with Gasteiger partial charge >= 0.3 is 0 Å². The predicted octanol–water partition coefficient (Wildman–Crippen LogP) is 4.15. The highest BCUT2D eigenvalue weighted by atomic mass is 79.9. The monoisotopic (exact) mass is 313 g/mol. The van der Waals surface area contributed by atoms with Crippen LogP contribution in [0, 0.1) is 5.92 Å². The van der Waals surface area contributed by atoms with E-state index in [0.29, 0.717) is 0 Å². The third-order valence-electron chi connectivity index (χ3n) is 2.76. The summed E-state index contributed by atoms with van der Waals surface area (Å²) in [5.74, 6) is 1.69. The van der Waals surface area contributed by atoms with E-state index in [-0.39, 0.29) is 6.04 Å². The third-order valence-corrected chi connectivity index (χ3v) is 3.39. The Morgan fingerprint density at radius 3 is 2.61 bits per heavy atom. The lowest BCUT2D eigenvalue weighted by Gasteiger charge is -2.15. The van der Waals surface area contributed by atoms with Crippen LogP contribution in [0.25, 0.3) is 0 Å². The lowest BCUT2D eigenvalue weighted by Crippen LogP contribution is -2.18. The summed E-state index contributed by atoms with van der Waals surface area (Å²) < 4.78 is 6.94. The molecule has 3 heteroatoms. The highest BCUT2D eigenvalue weighted by Gasteiger charge is 2.09. The number of benzene rings is 1. The molecule has 1 unspecified atom stereocenters. The van der Waals surface area contributed by atoms with Crippen LogP contribution in [0.1, 0.15) is 39.2 Å². The van der Waals surface area contributed by atoms with Crippen LogP contribution in [0.3, 0.4) is 0 Å². The number of para-hydroxylation sites is 1. The number of hydrogen-bond acceptors (Lipinski definition) is 2. The van der Waals surface area contributed by atoms with Gasteiger partial charge in [-0.15, -0.1) is 0 Å². The van der Waals surface area contributed by atoms with Crippen LogP contribution in [0.5, 0.6) is 5.75 Å². The van der Waals surface area contributed by atoms with Crippen molar-refractivity contribution in [1.82, 2.24) is 0 Å². The molecule has 18 heavy (non-hydrogen) atoms. The van der Waals surface area contributed by atoms with E-state index in [2.05, 4.69) is 35.8 Å². The average molecular weight is 314 g/mol. The van der Waals surface area contributed by atoms with E-state index in [1.54, 1.807) is 0 Å². The van der Waals surface area contributed by atoms with Gasteiger partial charge in [-0.2, -0.15) is 0 Å². The minimum Gasteiger partial charge on any atom is -0.492 e. The molecule has 1 rings (SSSR count). The Kier molecular flexibility index (Phi) is 6.72. The van der Waals surface area contributed by atoms with Crippen LogP contribution < -0.4 is 10.5 Å². The second-order valence-electron chi connectivity index (χ2n) is 5.29. The van der Waals surface area contributed by atoms with Gasteiger partial charge in [0.15, 0.2) is 0 Å². The number of halogens is 1. The van der Waals surface area contributed by atoms with Crippen LogP contribution in [-0.2, 0) is 6.42 Å². The second-order valence-corrected chi connectivity index (χ2v) is 6.15. The third kappa shape index (κ3) is 5.40. The molecule has 1 atom stereocenters. The van der Waals surface area contributed by atoms with Gasteiger partial charge in [0, 0.05) is 6.04 Å². The van der Waals surface area contributed by atoms with Crippen LogP contribution in [0.15, 0.2) is 22.7 Å². The SMILES string of the molecule is CC(C)CCCOc1c(Br)cccc1CC(C)N. The van der Waals surface area contributed by atoms with Crippen LogP contribution in [-0.4, -0.2) is 12.6 Å². The minimum absolute atomic E-state index is 0.150. The minimum atomic E-state index is 0.150. The van der Waals surface area contributed by atoms with Gasteiger partial charge in [0.2, 0.25) is 0 Å². The van der Waals surface area contributed by atoms with E-state index >= 15 is 0 Å². The Hall–Kier alpha value is -0.540. The van der Waals surface area contributed by atoms with E-state index in [0.717, 1.165) is 35.6 Å². The van der Waals surface area contributed by atoms with Gasteiger partial charge in [0.05, 0.1) is 11.1 Å². The Bertz CT molecular complexity index is 364. The zero-order valence-electron chi connectivity index (χ0n) is 11.6. The number of hydrogen-bond donors (Lipinski definition) is 1. The van der Waals surface area contributed by atoms with Gasteiger partial charge in [-0.05, 0) is 59.7 Å². The molecule has 0 radical (unpaired) electrons. The second kappa shape index (κ2) is 7.80. The van der Waals surface area contributed by atoms with Crippen molar-refractivity contribution < 1.29 is 4.74 Å². The molecule has 0 fully saturated rings. The molecule has 0 amide bonds. The molecule has 0 aliphatic carbocycles. The molecule has 0 aliphatic heterocycles. The van der Waals surface area contributed by atoms with Gasteiger partial charge < -0.3 is 10.5 Å². The summed E-state index contributed by atoms with van der Waals surface area (Å²) in [6.45, 7) is 7.26. The zero-order chi connectivity index (χ0) is 13.5. The fraction of sp³-hybridized carbons (Fsp3) is 0.600. The molecular formula is C15H24BrNO. The van der Waals surface area contributed by atoms with Gasteiger partial charge in [-0.3, -0.25) is 0 Å². The van der Waals surface area contributed by atoms with Crippen molar-refractivity contribution in [3.63, 3.8) is 0 Å². The fourth-order valence-electron chi connectivity index (χ4n) is 1.89. The standard InChI is InChI=1S/C15H24BrNO/c1-11(2)6-5-9-18-15-13(10-12(3)17)7-4-8-14(15)16/h4,7-8,11-12H,5-6,9-10,17H2,1-3H3. The summed E-state index contributed by atoms with van der Waals surface area (Å²) in [7, 11) is 0. The molecule has 2 N–H and O–H groups in total. The number of nitrogens with two attached hydrogens (primary N) is 1. The summed E-state index contributed by atoms with van der Waals surface area (Å²) in [5.41, 5.74) is 7.05. The molecule has 102 valence electrons. The molecule has 0 saturated carbocycles. The molecule has 0 bridgehead atoms. The first-order valence-electron chi connectivity index (χ1n) is 6.66. The maximum absolute atomic E-state index is 5.92. The lowest BCUT2D eigenvalue weighted by molar-refractivity contribution is 0.293. The average Bonchev–Trinajstić information content (AvgIpc) is 2.26. The van der Waals surface area contributed by atoms with Crippen LogP contribution >= 0.6 is 15.9 Å². The topological polar surface area (TPSA) is 35.2 Å². The zero-order valence-corrected chi connectivity index (χ0v) is 13.2. The summed E-state index contributed by atoms with van der Waals surface area (Å²) in [6.07, 6.45) is 3.14. The van der Waals surface area contributed by atoms with E-state index in [4.69, 9.17) is 10.5 Å². The summed E-state index contributed by atoms with van der Waals surface area (Å²) in [5, 5.41) is 0. The fourth-order valence-corrected chi connectivity index (χ4v) is 2.41. The Balaban J connectivity index is 2.62. The van der Waals surface area contributed by atoms with E-state index in [1.165, 1.54) is 12.0 Å². The van der Waals surface area contributed by atoms with Crippen molar-refractivity contribution in [2.24, 2.45) is 11.7 Å². The van der Waals surface area contributed by atoms with Crippen molar-refractivity contribution in [1.29, 1.82) is 0 Å². The van der Waals surface area contributed by atoms with E-state index < -0.39 is 0 Å². The molecule has 1 aromatic carbocycles. The Morgan fingerprint density at radius 1 is 1.28 bits per heavy atom. The Labute approximate surface area is 119 Å². The molecule has 1 aromatic rings.